The number of nitrogen functional groups attached to an aromatic ring is 1. The van der Waals surface area contributed by atoms with Crippen molar-refractivity contribution in [2.45, 2.75) is 25.2 Å². The van der Waals surface area contributed by atoms with Crippen molar-refractivity contribution in [1.82, 2.24) is 14.9 Å². The van der Waals surface area contributed by atoms with E-state index in [9.17, 15) is 27.9 Å². The maximum atomic E-state index is 13.1. The smallest absolute Gasteiger partial charge is 0.384 e. The molecular weight excluding hydrogens is 393 g/mol. The third kappa shape index (κ3) is 5.04. The van der Waals surface area contributed by atoms with E-state index in [2.05, 4.69) is 22.1 Å². The van der Waals surface area contributed by atoms with Crippen molar-refractivity contribution in [3.05, 3.63) is 33.6 Å². The predicted molar refractivity (Wildman–Crippen MR) is 99.2 cm³/mol. The maximum absolute atomic E-state index is 13.1. The van der Waals surface area contributed by atoms with Crippen molar-refractivity contribution in [2.75, 3.05) is 26.5 Å². The fourth-order valence-corrected chi connectivity index (χ4v) is 2.60. The summed E-state index contributed by atoms with van der Waals surface area (Å²) >= 11 is 0. The molecule has 2 heterocycles. The number of ether oxygens (including phenoxy) is 1. The summed E-state index contributed by atoms with van der Waals surface area (Å²) in [6, 6.07) is 2.50. The first-order valence-electron chi connectivity index (χ1n) is 8.26. The zero-order valence-corrected chi connectivity index (χ0v) is 15.8. The lowest BCUT2D eigenvalue weighted by Crippen LogP contribution is -2.32. The molecule has 0 saturated heterocycles. The highest BCUT2D eigenvalue weighted by molar-refractivity contribution is 6.01. The van der Waals surface area contributed by atoms with Gasteiger partial charge >= 0.3 is 6.18 Å². The largest absolute Gasteiger partial charge is 0.406 e. The number of carbonyl (C=O) groups is 1. The van der Waals surface area contributed by atoms with Crippen LogP contribution in [-0.2, 0) is 11.3 Å². The predicted octanol–water partition coefficient (Wildman–Crippen LogP) is 0.649. The average molecular weight is 412 g/mol. The van der Waals surface area contributed by atoms with Crippen molar-refractivity contribution in [3.63, 3.8) is 0 Å². The third-order valence-corrected chi connectivity index (χ3v) is 3.83. The number of amides is 1. The number of fused-ring (bicyclic) bond motifs is 1. The van der Waals surface area contributed by atoms with E-state index in [0.29, 0.717) is 4.57 Å². The summed E-state index contributed by atoms with van der Waals surface area (Å²) < 4.78 is 44.6. The molecule has 4 N–H and O–H groups in total. The number of hydrogen-bond donors (Lipinski definition) is 3. The van der Waals surface area contributed by atoms with Gasteiger partial charge in [-0.05, 0) is 25.0 Å². The second kappa shape index (κ2) is 8.10. The van der Waals surface area contributed by atoms with Gasteiger partial charge in [0.1, 0.15) is 34.9 Å². The van der Waals surface area contributed by atoms with Gasteiger partial charge in [-0.15, -0.1) is 0 Å². The molecule has 1 atom stereocenters. The van der Waals surface area contributed by atoms with Crippen LogP contribution in [0.15, 0.2) is 16.9 Å². The summed E-state index contributed by atoms with van der Waals surface area (Å²) in [5.74, 6) is 3.45. The number of hydrogen-bond acceptors (Lipinski definition) is 6. The quantitative estimate of drug-likeness (QED) is 0.635. The first-order valence-corrected chi connectivity index (χ1v) is 8.26. The number of nitrogens with two attached hydrogens (primary N) is 1. The van der Waals surface area contributed by atoms with Gasteiger partial charge in [-0.3, -0.25) is 9.59 Å². The minimum absolute atomic E-state index is 0.00343. The lowest BCUT2D eigenvalue weighted by molar-refractivity contribution is -0.139. The second-order valence-electron chi connectivity index (χ2n) is 6.39. The Bertz CT molecular complexity index is 1070. The van der Waals surface area contributed by atoms with E-state index < -0.39 is 41.0 Å². The van der Waals surface area contributed by atoms with E-state index in [1.165, 1.54) is 33.2 Å². The van der Waals surface area contributed by atoms with Crippen LogP contribution in [0.5, 0.6) is 0 Å². The van der Waals surface area contributed by atoms with Gasteiger partial charge in [0.2, 0.25) is 5.43 Å². The van der Waals surface area contributed by atoms with Crippen molar-refractivity contribution in [2.24, 2.45) is 0 Å². The number of methoxy groups -OCH3 is 1. The molecule has 0 aliphatic rings. The number of aliphatic hydroxyl groups is 1. The fourth-order valence-electron chi connectivity index (χ4n) is 2.60. The number of halogens is 3. The second-order valence-corrected chi connectivity index (χ2v) is 6.39. The van der Waals surface area contributed by atoms with Crippen molar-refractivity contribution in [3.8, 4) is 11.8 Å². The monoisotopic (exact) mass is 412 g/mol. The summed E-state index contributed by atoms with van der Waals surface area (Å²) in [7, 11) is 2.59. The minimum Gasteiger partial charge on any atom is -0.384 e. The molecule has 1 unspecified atom stereocenters. The van der Waals surface area contributed by atoms with E-state index in [-0.39, 0.29) is 23.3 Å². The van der Waals surface area contributed by atoms with Gasteiger partial charge in [0.15, 0.2) is 0 Å². The van der Waals surface area contributed by atoms with Gasteiger partial charge in [0.25, 0.3) is 5.91 Å². The van der Waals surface area contributed by atoms with E-state index in [1.807, 2.05) is 0 Å². The van der Waals surface area contributed by atoms with E-state index in [4.69, 9.17) is 10.5 Å². The molecule has 0 fully saturated rings. The van der Waals surface area contributed by atoms with E-state index in [1.54, 1.807) is 0 Å². The summed E-state index contributed by atoms with van der Waals surface area (Å²) in [5, 5.41) is 12.0. The van der Waals surface area contributed by atoms with Gasteiger partial charge in [0.05, 0.1) is 12.0 Å². The molecule has 2 aromatic rings. The molecular formula is C18H19F3N4O4. The summed E-state index contributed by atoms with van der Waals surface area (Å²) in [6.07, 6.45) is -4.69. The van der Waals surface area contributed by atoms with Gasteiger partial charge in [-0.25, -0.2) is 4.98 Å². The fraction of sp³-hybridized carbons (Fsp3) is 0.389. The molecule has 2 aromatic heterocycles. The molecule has 29 heavy (non-hydrogen) atoms. The lowest BCUT2D eigenvalue weighted by Gasteiger charge is -2.18. The zero-order valence-electron chi connectivity index (χ0n) is 15.8. The van der Waals surface area contributed by atoms with Crippen LogP contribution in [-0.4, -0.2) is 53.1 Å². The van der Waals surface area contributed by atoms with Crippen LogP contribution in [0, 0.1) is 11.8 Å². The summed E-state index contributed by atoms with van der Waals surface area (Å²) in [5.41, 5.74) is 2.38. The molecule has 0 bridgehead atoms. The Morgan fingerprint density at radius 2 is 2.07 bits per heavy atom. The molecule has 156 valence electrons. The topological polar surface area (TPSA) is 119 Å². The number of nitrogens with one attached hydrogen (secondary N) is 1. The first kappa shape index (κ1) is 22.2. The van der Waals surface area contributed by atoms with Crippen LogP contribution in [0.4, 0.5) is 19.0 Å². The Morgan fingerprint density at radius 1 is 1.41 bits per heavy atom. The number of aromatic nitrogens is 2. The molecule has 11 heteroatoms. The number of carbonyl (C=O) groups excluding carboxylic acids is 1. The molecule has 8 nitrogen and oxygen atoms in total. The number of rotatable bonds is 4. The highest BCUT2D eigenvalue weighted by Crippen LogP contribution is 2.24. The summed E-state index contributed by atoms with van der Waals surface area (Å²) in [4.78, 5) is 28.6. The lowest BCUT2D eigenvalue weighted by atomic mass is 10.1. The number of alkyl halides is 3. The normalized spacial score (nSPS) is 13.5. The van der Waals surface area contributed by atoms with Gasteiger partial charge < -0.3 is 25.5 Å². The Balaban J connectivity index is 2.78. The Morgan fingerprint density at radius 3 is 2.62 bits per heavy atom. The van der Waals surface area contributed by atoms with Crippen molar-refractivity contribution in [1.29, 1.82) is 0 Å². The van der Waals surface area contributed by atoms with Gasteiger partial charge in [-0.1, -0.05) is 5.92 Å². The zero-order chi connectivity index (χ0) is 22.0. The molecule has 0 aliphatic heterocycles. The van der Waals surface area contributed by atoms with Gasteiger partial charge in [0, 0.05) is 14.2 Å². The molecule has 0 spiro atoms. The van der Waals surface area contributed by atoms with E-state index >= 15 is 0 Å². The highest BCUT2D eigenvalue weighted by atomic mass is 19.4. The molecule has 0 saturated carbocycles. The SMILES string of the molecule is CNC(=O)c1c(N)n(CC(F)(F)F)c2nc(C#CC(C)(O)COC)ccc2c1=O. The third-order valence-electron chi connectivity index (χ3n) is 3.83. The highest BCUT2D eigenvalue weighted by Gasteiger charge is 2.32. The van der Waals surface area contributed by atoms with Gasteiger partial charge in [-0.2, -0.15) is 13.2 Å². The van der Waals surface area contributed by atoms with Crippen LogP contribution in [0.1, 0.15) is 23.0 Å². The van der Waals surface area contributed by atoms with Crippen LogP contribution < -0.4 is 16.5 Å². The molecule has 0 aliphatic carbocycles. The van der Waals surface area contributed by atoms with Crippen molar-refractivity contribution < 1.29 is 27.8 Å². The Labute approximate surface area is 163 Å². The van der Waals surface area contributed by atoms with Crippen LogP contribution in [0.25, 0.3) is 11.0 Å². The molecule has 1 amide bonds. The number of anilines is 1. The first-order chi connectivity index (χ1) is 13.4. The number of nitrogens with zero attached hydrogens (tertiary/aromatic N) is 2. The molecule has 2 rings (SSSR count). The Hall–Kier alpha value is -3.10. The Kier molecular flexibility index (Phi) is 6.20. The van der Waals surface area contributed by atoms with Crippen LogP contribution in [0.2, 0.25) is 0 Å². The number of pyridine rings is 2. The molecule has 0 aromatic carbocycles. The standard InChI is InChI=1S/C18H19F3N4O4/c1-17(28,9-29-3)7-6-10-4-5-11-13(26)12(16(27)23-2)14(22)25(15(11)24-10)8-18(19,20)21/h4-5,28H,8-9,22H2,1-3H3,(H,23,27). The minimum atomic E-state index is -4.69. The average Bonchev–Trinajstić information content (AvgIpc) is 2.62. The van der Waals surface area contributed by atoms with E-state index in [0.717, 1.165) is 0 Å². The summed E-state index contributed by atoms with van der Waals surface area (Å²) in [6.45, 7) is -0.280. The maximum Gasteiger partial charge on any atom is 0.406 e. The van der Waals surface area contributed by atoms with Crippen molar-refractivity contribution >= 4 is 22.8 Å². The molecule has 0 radical (unpaired) electrons. The van der Waals surface area contributed by atoms with Crippen LogP contribution in [0.3, 0.4) is 0 Å². The van der Waals surface area contributed by atoms with Crippen LogP contribution >= 0.6 is 0 Å².